The SMILES string of the molecule is CNC(=O)c1ccc(C2=CCN(Cc3ccc4c([nH]c(=O)c5c(F)ccn54)c3F)CC2)c(OC)n1. The van der Waals surface area contributed by atoms with E-state index in [1.54, 1.807) is 25.2 Å². The monoisotopic (exact) mass is 479 g/mol. The normalized spacial score (nSPS) is 14.3. The number of halogens is 2. The van der Waals surface area contributed by atoms with E-state index in [2.05, 4.69) is 20.2 Å². The first-order valence-corrected chi connectivity index (χ1v) is 11.1. The van der Waals surface area contributed by atoms with Gasteiger partial charge in [-0.05, 0) is 36.3 Å². The third kappa shape index (κ3) is 3.95. The third-order valence-electron chi connectivity index (χ3n) is 6.30. The third-order valence-corrected chi connectivity index (χ3v) is 6.30. The minimum atomic E-state index is -0.674. The van der Waals surface area contributed by atoms with Gasteiger partial charge in [0.25, 0.3) is 11.5 Å². The number of pyridine rings is 1. The highest BCUT2D eigenvalue weighted by atomic mass is 19.1. The average Bonchev–Trinajstić information content (AvgIpc) is 3.28. The number of amides is 1. The lowest BCUT2D eigenvalue weighted by Crippen LogP contribution is -2.28. The lowest BCUT2D eigenvalue weighted by Gasteiger charge is -2.27. The van der Waals surface area contributed by atoms with Crippen LogP contribution in [0.1, 0.15) is 28.0 Å². The average molecular weight is 479 g/mol. The van der Waals surface area contributed by atoms with Crippen LogP contribution in [0.5, 0.6) is 5.88 Å². The summed E-state index contributed by atoms with van der Waals surface area (Å²) in [6, 6.07) is 8.01. The van der Waals surface area contributed by atoms with Gasteiger partial charge in [-0.15, -0.1) is 0 Å². The van der Waals surface area contributed by atoms with Gasteiger partial charge in [-0.2, -0.15) is 0 Å². The Labute approximate surface area is 198 Å². The number of benzene rings is 1. The summed E-state index contributed by atoms with van der Waals surface area (Å²) in [5, 5.41) is 2.54. The Balaban J connectivity index is 1.38. The number of ether oxygens (including phenoxy) is 1. The quantitative estimate of drug-likeness (QED) is 0.459. The fourth-order valence-corrected chi connectivity index (χ4v) is 4.49. The van der Waals surface area contributed by atoms with Crippen LogP contribution in [0.25, 0.3) is 22.1 Å². The van der Waals surface area contributed by atoms with E-state index in [0.717, 1.165) is 11.1 Å². The van der Waals surface area contributed by atoms with Gasteiger partial charge < -0.3 is 19.4 Å². The van der Waals surface area contributed by atoms with Crippen molar-refractivity contribution in [1.29, 1.82) is 0 Å². The Hall–Kier alpha value is -4.05. The summed E-state index contributed by atoms with van der Waals surface area (Å²) in [6.45, 7) is 1.59. The van der Waals surface area contributed by atoms with E-state index in [1.807, 2.05) is 12.1 Å². The van der Waals surface area contributed by atoms with E-state index < -0.39 is 17.2 Å². The zero-order valence-corrected chi connectivity index (χ0v) is 19.2. The molecule has 1 aliphatic rings. The number of aromatic nitrogens is 3. The van der Waals surface area contributed by atoms with Crippen molar-refractivity contribution in [3.63, 3.8) is 0 Å². The predicted octanol–water partition coefficient (Wildman–Crippen LogP) is 3.11. The molecule has 8 nitrogen and oxygen atoms in total. The number of carbonyl (C=O) groups is 1. The number of carbonyl (C=O) groups excluding carboxylic acids is 1. The molecule has 0 saturated carbocycles. The molecule has 0 bridgehead atoms. The van der Waals surface area contributed by atoms with E-state index in [9.17, 15) is 14.0 Å². The molecule has 5 rings (SSSR count). The molecule has 0 unspecified atom stereocenters. The summed E-state index contributed by atoms with van der Waals surface area (Å²) in [5.74, 6) is -1.09. The largest absolute Gasteiger partial charge is 0.481 e. The van der Waals surface area contributed by atoms with E-state index in [-0.39, 0.29) is 22.6 Å². The summed E-state index contributed by atoms with van der Waals surface area (Å²) < 4.78 is 36.0. The minimum Gasteiger partial charge on any atom is -0.481 e. The molecule has 0 spiro atoms. The second-order valence-electron chi connectivity index (χ2n) is 8.32. The van der Waals surface area contributed by atoms with Gasteiger partial charge in [-0.1, -0.05) is 12.1 Å². The Morgan fingerprint density at radius 2 is 2.06 bits per heavy atom. The highest BCUT2D eigenvalue weighted by Gasteiger charge is 2.21. The number of hydrogen-bond acceptors (Lipinski definition) is 5. The molecule has 3 aromatic heterocycles. The van der Waals surface area contributed by atoms with Gasteiger partial charge in [0.05, 0.1) is 12.6 Å². The summed E-state index contributed by atoms with van der Waals surface area (Å²) >= 11 is 0. The predicted molar refractivity (Wildman–Crippen MR) is 127 cm³/mol. The molecule has 35 heavy (non-hydrogen) atoms. The molecule has 10 heteroatoms. The van der Waals surface area contributed by atoms with Crippen LogP contribution in [-0.4, -0.2) is 52.4 Å². The second kappa shape index (κ2) is 8.95. The van der Waals surface area contributed by atoms with Crippen LogP contribution >= 0.6 is 0 Å². The summed E-state index contributed by atoms with van der Waals surface area (Å²) in [5.41, 5.74) is 2.20. The first-order valence-electron chi connectivity index (χ1n) is 11.1. The van der Waals surface area contributed by atoms with Crippen LogP contribution in [0.4, 0.5) is 8.78 Å². The van der Waals surface area contributed by atoms with Crippen molar-refractivity contribution in [3.8, 4) is 5.88 Å². The van der Waals surface area contributed by atoms with Crippen molar-refractivity contribution < 1.29 is 18.3 Å². The van der Waals surface area contributed by atoms with Crippen LogP contribution < -0.4 is 15.6 Å². The van der Waals surface area contributed by atoms with E-state index >= 15 is 4.39 Å². The first kappa shape index (κ1) is 22.7. The topological polar surface area (TPSA) is 91.7 Å². The molecule has 4 aromatic rings. The Morgan fingerprint density at radius 3 is 2.77 bits per heavy atom. The van der Waals surface area contributed by atoms with Gasteiger partial charge in [-0.25, -0.2) is 13.8 Å². The smallest absolute Gasteiger partial charge is 0.275 e. The molecule has 1 aliphatic heterocycles. The minimum absolute atomic E-state index is 0.0517. The summed E-state index contributed by atoms with van der Waals surface area (Å²) in [6.07, 6.45) is 4.14. The lowest BCUT2D eigenvalue weighted by atomic mass is 9.99. The number of fused-ring (bicyclic) bond motifs is 3. The van der Waals surface area contributed by atoms with Crippen molar-refractivity contribution in [1.82, 2.24) is 24.6 Å². The van der Waals surface area contributed by atoms with Crippen LogP contribution in [0.15, 0.2) is 47.4 Å². The molecule has 1 amide bonds. The standard InChI is InChI=1S/C25H23F2N5O3/c1-28-23(33)18-5-4-16(25(29-18)35-2)14-7-10-31(11-8-14)13-15-3-6-19-21(20(15)27)30-24(34)22-17(26)9-12-32(19)22/h3-7,9,12H,8,10-11,13H2,1-2H3,(H,28,33)(H,30,34). The van der Waals surface area contributed by atoms with E-state index in [4.69, 9.17) is 4.74 Å². The molecular weight excluding hydrogens is 456 g/mol. The van der Waals surface area contributed by atoms with Crippen molar-refractivity contribution in [3.05, 3.63) is 81.4 Å². The maximum atomic E-state index is 15.3. The molecule has 0 atom stereocenters. The van der Waals surface area contributed by atoms with Gasteiger partial charge >= 0.3 is 0 Å². The molecule has 0 radical (unpaired) electrons. The van der Waals surface area contributed by atoms with Crippen molar-refractivity contribution in [2.75, 3.05) is 27.2 Å². The highest BCUT2D eigenvalue weighted by molar-refractivity contribution is 5.92. The van der Waals surface area contributed by atoms with Gasteiger partial charge in [0, 0.05) is 44.0 Å². The fraction of sp³-hybridized carbons (Fsp3) is 0.240. The molecule has 4 heterocycles. The van der Waals surface area contributed by atoms with E-state index in [0.29, 0.717) is 43.0 Å². The van der Waals surface area contributed by atoms with Crippen molar-refractivity contribution in [2.45, 2.75) is 13.0 Å². The number of nitrogens with zero attached hydrogens (tertiary/aromatic N) is 3. The van der Waals surface area contributed by atoms with Gasteiger partial charge in [0.1, 0.15) is 16.7 Å². The summed E-state index contributed by atoms with van der Waals surface area (Å²) in [4.78, 5) is 33.0. The molecule has 0 fully saturated rings. The Morgan fingerprint density at radius 1 is 1.23 bits per heavy atom. The molecular formula is C25H23F2N5O3. The van der Waals surface area contributed by atoms with Crippen LogP contribution in [-0.2, 0) is 6.54 Å². The zero-order valence-electron chi connectivity index (χ0n) is 19.2. The fourth-order valence-electron chi connectivity index (χ4n) is 4.49. The van der Waals surface area contributed by atoms with Gasteiger partial charge in [-0.3, -0.25) is 14.5 Å². The number of aromatic amines is 1. The number of nitrogens with one attached hydrogen (secondary N) is 2. The van der Waals surface area contributed by atoms with Gasteiger partial charge in [0.15, 0.2) is 11.6 Å². The van der Waals surface area contributed by atoms with Crippen LogP contribution in [0.3, 0.4) is 0 Å². The Kier molecular flexibility index (Phi) is 5.81. The van der Waals surface area contributed by atoms with Crippen LogP contribution in [0.2, 0.25) is 0 Å². The van der Waals surface area contributed by atoms with E-state index in [1.165, 1.54) is 23.8 Å². The van der Waals surface area contributed by atoms with Crippen molar-refractivity contribution >= 4 is 28.0 Å². The Bertz CT molecular complexity index is 1560. The molecule has 1 aromatic carbocycles. The lowest BCUT2D eigenvalue weighted by molar-refractivity contribution is 0.0957. The number of rotatable bonds is 5. The zero-order chi connectivity index (χ0) is 24.7. The number of methoxy groups -OCH3 is 1. The summed E-state index contributed by atoms with van der Waals surface area (Å²) in [7, 11) is 3.05. The van der Waals surface area contributed by atoms with Gasteiger partial charge in [0.2, 0.25) is 5.88 Å². The molecule has 0 aliphatic carbocycles. The van der Waals surface area contributed by atoms with Crippen molar-refractivity contribution in [2.24, 2.45) is 0 Å². The maximum Gasteiger partial charge on any atom is 0.275 e. The highest BCUT2D eigenvalue weighted by Crippen LogP contribution is 2.30. The van der Waals surface area contributed by atoms with Crippen LogP contribution in [0, 0.1) is 11.6 Å². The molecule has 180 valence electrons. The molecule has 0 saturated heterocycles. The molecule has 2 N–H and O–H groups in total. The second-order valence-corrected chi connectivity index (χ2v) is 8.32. The number of hydrogen-bond donors (Lipinski definition) is 2. The maximum absolute atomic E-state index is 15.3. The number of H-pyrrole nitrogens is 1. The first-order chi connectivity index (χ1) is 16.9.